The maximum Gasteiger partial charge on any atom is 0.494 e. The van der Waals surface area contributed by atoms with Crippen molar-refractivity contribution >= 4 is 22.6 Å². The van der Waals surface area contributed by atoms with E-state index in [0.717, 1.165) is 31.1 Å². The first-order valence-electron chi connectivity index (χ1n) is 10.0. The summed E-state index contributed by atoms with van der Waals surface area (Å²) in [6.07, 6.45) is 3.45. The Morgan fingerprint density at radius 2 is 1.44 bits per heavy atom. The Morgan fingerprint density at radius 1 is 0.926 bits per heavy atom. The molecule has 0 spiro atoms. The van der Waals surface area contributed by atoms with Gasteiger partial charge >= 0.3 is 7.12 Å². The monoisotopic (exact) mass is 391 g/mol. The standard InChI is InChI=1S/C20H30BNO4S/c1-19(2)20(3,4)26-21(25-19)17-7-5-15(6-8-17)16-11-13-22(14-12-16)27(23,24)18-9-10-18/h5-8,16,18H,9-14H2,1-4H3. The van der Waals surface area contributed by atoms with E-state index in [2.05, 4.69) is 52.0 Å². The van der Waals surface area contributed by atoms with E-state index in [-0.39, 0.29) is 23.6 Å². The van der Waals surface area contributed by atoms with Gasteiger partial charge in [0.25, 0.3) is 0 Å². The molecule has 1 aromatic carbocycles. The van der Waals surface area contributed by atoms with Crippen LogP contribution in [-0.4, -0.2) is 49.4 Å². The van der Waals surface area contributed by atoms with Gasteiger partial charge in [0, 0.05) is 13.1 Å². The summed E-state index contributed by atoms with van der Waals surface area (Å²) in [5.74, 6) is 0.419. The van der Waals surface area contributed by atoms with Gasteiger partial charge in [0.05, 0.1) is 16.5 Å². The summed E-state index contributed by atoms with van der Waals surface area (Å²) in [6, 6.07) is 8.47. The lowest BCUT2D eigenvalue weighted by Crippen LogP contribution is -2.41. The second kappa shape index (κ2) is 6.58. The van der Waals surface area contributed by atoms with Crippen LogP contribution in [0, 0.1) is 0 Å². The molecular weight excluding hydrogens is 361 g/mol. The molecular formula is C20H30BNO4S. The number of hydrogen-bond acceptors (Lipinski definition) is 4. The van der Waals surface area contributed by atoms with Gasteiger partial charge in [-0.25, -0.2) is 12.7 Å². The molecule has 0 radical (unpaired) electrons. The molecule has 0 aromatic heterocycles. The van der Waals surface area contributed by atoms with Gasteiger partial charge < -0.3 is 9.31 Å². The quantitative estimate of drug-likeness (QED) is 0.741. The zero-order valence-corrected chi connectivity index (χ0v) is 17.6. The lowest BCUT2D eigenvalue weighted by molar-refractivity contribution is 0.00578. The second-order valence-corrected chi connectivity index (χ2v) is 11.4. The Bertz CT molecular complexity index is 778. The number of piperidine rings is 1. The highest BCUT2D eigenvalue weighted by Gasteiger charge is 2.51. The van der Waals surface area contributed by atoms with Gasteiger partial charge in [-0.1, -0.05) is 24.3 Å². The molecule has 7 heteroatoms. The summed E-state index contributed by atoms with van der Waals surface area (Å²) in [5, 5.41) is -0.103. The van der Waals surface area contributed by atoms with E-state index in [4.69, 9.17) is 9.31 Å². The van der Waals surface area contributed by atoms with Crippen molar-refractivity contribution in [3.63, 3.8) is 0 Å². The van der Waals surface area contributed by atoms with E-state index < -0.39 is 10.0 Å². The lowest BCUT2D eigenvalue weighted by atomic mass is 9.77. The molecule has 27 heavy (non-hydrogen) atoms. The Hall–Kier alpha value is -0.885. The second-order valence-electron chi connectivity index (χ2n) is 9.17. The summed E-state index contributed by atoms with van der Waals surface area (Å²) in [4.78, 5) is 0. The zero-order valence-electron chi connectivity index (χ0n) is 16.8. The van der Waals surface area contributed by atoms with Gasteiger partial charge in [-0.05, 0) is 70.3 Å². The molecule has 0 N–H and O–H groups in total. The number of nitrogens with zero attached hydrogens (tertiary/aromatic N) is 1. The molecule has 1 saturated carbocycles. The van der Waals surface area contributed by atoms with Crippen molar-refractivity contribution in [3.8, 4) is 0 Å². The van der Waals surface area contributed by atoms with Crippen LogP contribution in [0.2, 0.25) is 0 Å². The van der Waals surface area contributed by atoms with Crippen LogP contribution >= 0.6 is 0 Å². The summed E-state index contributed by atoms with van der Waals surface area (Å²) in [7, 11) is -3.37. The molecule has 0 amide bonds. The van der Waals surface area contributed by atoms with E-state index in [1.807, 2.05) is 0 Å². The average Bonchev–Trinajstić information content (AvgIpc) is 3.44. The molecule has 3 aliphatic rings. The van der Waals surface area contributed by atoms with Crippen molar-refractivity contribution in [2.45, 2.75) is 75.7 Å². The first kappa shape index (κ1) is 19.4. The van der Waals surface area contributed by atoms with Crippen LogP contribution in [0.4, 0.5) is 0 Å². The van der Waals surface area contributed by atoms with Crippen molar-refractivity contribution in [2.75, 3.05) is 13.1 Å². The van der Waals surface area contributed by atoms with Crippen molar-refractivity contribution in [2.24, 2.45) is 0 Å². The van der Waals surface area contributed by atoms with Gasteiger partial charge in [-0.3, -0.25) is 0 Å². The van der Waals surface area contributed by atoms with Crippen LogP contribution in [0.1, 0.15) is 64.9 Å². The van der Waals surface area contributed by atoms with Gasteiger partial charge in [0.2, 0.25) is 10.0 Å². The molecule has 1 aromatic rings. The van der Waals surface area contributed by atoms with Crippen LogP contribution in [0.15, 0.2) is 24.3 Å². The minimum atomic E-state index is -3.03. The molecule has 3 fully saturated rings. The first-order valence-corrected chi connectivity index (χ1v) is 11.5. The molecule has 4 rings (SSSR count). The first-order chi connectivity index (χ1) is 12.6. The van der Waals surface area contributed by atoms with Crippen LogP contribution in [0.3, 0.4) is 0 Å². The van der Waals surface area contributed by atoms with E-state index in [1.54, 1.807) is 4.31 Å². The predicted octanol–water partition coefficient (Wildman–Crippen LogP) is 2.66. The smallest absolute Gasteiger partial charge is 0.399 e. The van der Waals surface area contributed by atoms with E-state index in [9.17, 15) is 8.42 Å². The van der Waals surface area contributed by atoms with Crippen molar-refractivity contribution in [1.29, 1.82) is 0 Å². The highest BCUT2D eigenvalue weighted by molar-refractivity contribution is 7.90. The largest absolute Gasteiger partial charge is 0.494 e. The highest BCUT2D eigenvalue weighted by Crippen LogP contribution is 2.37. The minimum Gasteiger partial charge on any atom is -0.399 e. The molecule has 0 atom stereocenters. The molecule has 148 valence electrons. The zero-order chi connectivity index (χ0) is 19.4. The fourth-order valence-corrected chi connectivity index (χ4v) is 5.80. The number of benzene rings is 1. The maximum atomic E-state index is 12.4. The SMILES string of the molecule is CC1(C)OB(c2ccc(C3CCN(S(=O)(=O)C4CC4)CC3)cc2)OC1(C)C. The Balaban J connectivity index is 1.39. The molecule has 0 bridgehead atoms. The van der Waals surface area contributed by atoms with Crippen molar-refractivity contribution in [3.05, 3.63) is 29.8 Å². The van der Waals surface area contributed by atoms with Crippen molar-refractivity contribution in [1.82, 2.24) is 4.31 Å². The van der Waals surface area contributed by atoms with Crippen LogP contribution in [0.25, 0.3) is 0 Å². The number of rotatable bonds is 4. The molecule has 2 saturated heterocycles. The third kappa shape index (κ3) is 3.59. The summed E-state index contributed by atoms with van der Waals surface area (Å²) in [6.45, 7) is 9.52. The van der Waals surface area contributed by atoms with Crippen LogP contribution in [0.5, 0.6) is 0 Å². The van der Waals surface area contributed by atoms with E-state index in [1.165, 1.54) is 5.56 Å². The number of sulfonamides is 1. The topological polar surface area (TPSA) is 55.8 Å². The van der Waals surface area contributed by atoms with Gasteiger partial charge in [-0.15, -0.1) is 0 Å². The van der Waals surface area contributed by atoms with Crippen LogP contribution in [-0.2, 0) is 19.3 Å². The van der Waals surface area contributed by atoms with Gasteiger partial charge in [0.15, 0.2) is 0 Å². The third-order valence-corrected chi connectivity index (χ3v) is 9.09. The summed E-state index contributed by atoms with van der Waals surface area (Å²) < 4.78 is 38.7. The Morgan fingerprint density at radius 3 is 1.93 bits per heavy atom. The normalized spacial score (nSPS) is 26.4. The van der Waals surface area contributed by atoms with Crippen molar-refractivity contribution < 1.29 is 17.7 Å². The third-order valence-electron chi connectivity index (χ3n) is 6.69. The summed E-state index contributed by atoms with van der Waals surface area (Å²) >= 11 is 0. The lowest BCUT2D eigenvalue weighted by Gasteiger charge is -2.32. The Labute approximate surface area is 163 Å². The van der Waals surface area contributed by atoms with Gasteiger partial charge in [-0.2, -0.15) is 0 Å². The summed E-state index contributed by atoms with van der Waals surface area (Å²) in [5.41, 5.74) is 1.64. The minimum absolute atomic E-state index is 0.103. The number of hydrogen-bond donors (Lipinski definition) is 0. The molecule has 1 aliphatic carbocycles. The molecule has 0 unspecified atom stereocenters. The average molecular weight is 391 g/mol. The van der Waals surface area contributed by atoms with E-state index >= 15 is 0 Å². The molecule has 2 heterocycles. The fraction of sp³-hybridized carbons (Fsp3) is 0.700. The molecule has 5 nitrogen and oxygen atoms in total. The fourth-order valence-electron chi connectivity index (χ4n) is 3.92. The molecule has 2 aliphatic heterocycles. The van der Waals surface area contributed by atoms with Gasteiger partial charge in [0.1, 0.15) is 0 Å². The Kier molecular flexibility index (Phi) is 4.74. The van der Waals surface area contributed by atoms with Crippen LogP contribution < -0.4 is 5.46 Å². The highest BCUT2D eigenvalue weighted by atomic mass is 32.2. The van der Waals surface area contributed by atoms with E-state index in [0.29, 0.717) is 19.0 Å². The predicted molar refractivity (Wildman–Crippen MR) is 108 cm³/mol. The maximum absolute atomic E-state index is 12.4.